The molecule has 0 atom stereocenters. The van der Waals surface area contributed by atoms with E-state index in [1.165, 1.54) is 6.20 Å². The molecule has 1 spiro atoms. The van der Waals surface area contributed by atoms with Gasteiger partial charge in [0.2, 0.25) is 5.91 Å². The third kappa shape index (κ3) is 3.10. The Kier molecular flexibility index (Phi) is 4.35. The Morgan fingerprint density at radius 2 is 2.09 bits per heavy atom. The molecule has 0 bridgehead atoms. The van der Waals surface area contributed by atoms with Gasteiger partial charge < -0.3 is 15.4 Å². The number of carbonyl (C=O) groups is 2. The molecule has 2 N–H and O–H groups in total. The second kappa shape index (κ2) is 6.26. The maximum Gasteiger partial charge on any atom is 0.272 e. The lowest BCUT2D eigenvalue weighted by Gasteiger charge is -2.44. The van der Waals surface area contributed by atoms with Crippen LogP contribution in [-0.4, -0.2) is 58.5 Å². The van der Waals surface area contributed by atoms with E-state index in [1.54, 1.807) is 12.1 Å². The van der Waals surface area contributed by atoms with Gasteiger partial charge in [0.15, 0.2) is 0 Å². The number of carbonyl (C=O) groups excluding carboxylic acids is 2. The van der Waals surface area contributed by atoms with E-state index in [1.807, 2.05) is 16.7 Å². The van der Waals surface area contributed by atoms with Crippen LogP contribution in [0.15, 0.2) is 18.3 Å². The maximum absolute atomic E-state index is 12.6. The first-order valence-electron chi connectivity index (χ1n) is 7.36. The number of hydrogen-bond acceptors (Lipinski definition) is 5. The second-order valence-electron chi connectivity index (χ2n) is 5.67. The van der Waals surface area contributed by atoms with Crippen LogP contribution in [0.5, 0.6) is 0 Å². The number of pyridine rings is 1. The van der Waals surface area contributed by atoms with E-state index in [-0.39, 0.29) is 10.7 Å². The van der Waals surface area contributed by atoms with E-state index in [0.29, 0.717) is 11.3 Å². The van der Waals surface area contributed by atoms with Gasteiger partial charge in [-0.15, -0.1) is 0 Å². The van der Waals surface area contributed by atoms with E-state index in [2.05, 4.69) is 4.98 Å². The summed E-state index contributed by atoms with van der Waals surface area (Å²) in [7, 11) is 0. The van der Waals surface area contributed by atoms with Crippen molar-refractivity contribution in [2.45, 2.75) is 17.6 Å². The summed E-state index contributed by atoms with van der Waals surface area (Å²) in [5.74, 6) is 0.315. The van der Waals surface area contributed by atoms with Gasteiger partial charge in [-0.25, -0.2) is 0 Å². The van der Waals surface area contributed by atoms with Gasteiger partial charge in [-0.3, -0.25) is 14.6 Å². The predicted octanol–water partition coefficient (Wildman–Crippen LogP) is 0.919. The highest BCUT2D eigenvalue weighted by Gasteiger charge is 2.39. The van der Waals surface area contributed by atoms with Crippen molar-refractivity contribution in [1.29, 1.82) is 0 Å². The molecule has 0 aliphatic carbocycles. The van der Waals surface area contributed by atoms with E-state index >= 15 is 0 Å². The molecule has 2 aliphatic heterocycles. The van der Waals surface area contributed by atoms with Crippen LogP contribution >= 0.6 is 11.8 Å². The van der Waals surface area contributed by atoms with Crippen molar-refractivity contribution < 1.29 is 14.3 Å². The summed E-state index contributed by atoms with van der Waals surface area (Å²) in [6, 6.07) is 3.12. The monoisotopic (exact) mass is 321 g/mol. The molecule has 0 saturated carbocycles. The van der Waals surface area contributed by atoms with Crippen LogP contribution in [0, 0.1) is 0 Å². The van der Waals surface area contributed by atoms with E-state index in [0.717, 1.165) is 44.9 Å². The molecule has 3 heterocycles. The molecule has 0 unspecified atom stereocenters. The molecule has 7 heteroatoms. The number of hydrogen-bond donors (Lipinski definition) is 1. The SMILES string of the molecule is NC(=O)c1ccc(C(=O)N2CCSC3(CCOCC3)C2)nc1. The van der Waals surface area contributed by atoms with Crippen LogP contribution in [0.25, 0.3) is 0 Å². The highest BCUT2D eigenvalue weighted by atomic mass is 32.2. The molecule has 0 aromatic carbocycles. The lowest BCUT2D eigenvalue weighted by atomic mass is 9.97. The van der Waals surface area contributed by atoms with Crippen molar-refractivity contribution in [1.82, 2.24) is 9.88 Å². The summed E-state index contributed by atoms with van der Waals surface area (Å²) in [5.41, 5.74) is 5.86. The normalized spacial score (nSPS) is 20.8. The minimum atomic E-state index is -0.540. The predicted molar refractivity (Wildman–Crippen MR) is 83.9 cm³/mol. The van der Waals surface area contributed by atoms with Crippen molar-refractivity contribution in [2.75, 3.05) is 32.1 Å². The largest absolute Gasteiger partial charge is 0.381 e. The molecule has 118 valence electrons. The van der Waals surface area contributed by atoms with Gasteiger partial charge in [0.1, 0.15) is 5.69 Å². The van der Waals surface area contributed by atoms with Crippen LogP contribution in [0.3, 0.4) is 0 Å². The first-order valence-corrected chi connectivity index (χ1v) is 8.35. The third-order valence-corrected chi connectivity index (χ3v) is 5.74. The van der Waals surface area contributed by atoms with Crippen LogP contribution in [0.1, 0.15) is 33.7 Å². The van der Waals surface area contributed by atoms with Crippen LogP contribution < -0.4 is 5.73 Å². The Morgan fingerprint density at radius 3 is 2.73 bits per heavy atom. The van der Waals surface area contributed by atoms with Crippen molar-refractivity contribution in [3.63, 3.8) is 0 Å². The van der Waals surface area contributed by atoms with E-state index in [4.69, 9.17) is 10.5 Å². The van der Waals surface area contributed by atoms with Crippen LogP contribution in [0.4, 0.5) is 0 Å². The molecule has 6 nitrogen and oxygen atoms in total. The van der Waals surface area contributed by atoms with Crippen LogP contribution in [0.2, 0.25) is 0 Å². The van der Waals surface area contributed by atoms with Gasteiger partial charge in [0.25, 0.3) is 5.91 Å². The Balaban J connectivity index is 1.72. The summed E-state index contributed by atoms with van der Waals surface area (Å²) in [5, 5.41) is 0. The maximum atomic E-state index is 12.6. The lowest BCUT2D eigenvalue weighted by molar-refractivity contribution is 0.0533. The van der Waals surface area contributed by atoms with Gasteiger partial charge in [0.05, 0.1) is 5.56 Å². The Bertz CT molecular complexity index is 564. The lowest BCUT2D eigenvalue weighted by Crippen LogP contribution is -2.51. The molecule has 2 aliphatic rings. The molecule has 0 radical (unpaired) electrons. The Labute approximate surface area is 133 Å². The Morgan fingerprint density at radius 1 is 1.32 bits per heavy atom. The third-order valence-electron chi connectivity index (χ3n) is 4.21. The zero-order chi connectivity index (χ0) is 15.6. The highest BCUT2D eigenvalue weighted by molar-refractivity contribution is 8.00. The fourth-order valence-electron chi connectivity index (χ4n) is 2.89. The molecule has 1 aromatic rings. The molecule has 3 rings (SSSR count). The molecule has 2 amide bonds. The minimum Gasteiger partial charge on any atom is -0.381 e. The first-order chi connectivity index (χ1) is 10.6. The molecule has 2 saturated heterocycles. The van der Waals surface area contributed by atoms with Gasteiger partial charge in [-0.2, -0.15) is 11.8 Å². The average molecular weight is 321 g/mol. The fourth-order valence-corrected chi connectivity index (χ4v) is 4.34. The molecule has 1 aromatic heterocycles. The number of thioether (sulfide) groups is 1. The summed E-state index contributed by atoms with van der Waals surface area (Å²) < 4.78 is 5.56. The zero-order valence-electron chi connectivity index (χ0n) is 12.3. The van der Waals surface area contributed by atoms with Crippen molar-refractivity contribution >= 4 is 23.6 Å². The molecule has 22 heavy (non-hydrogen) atoms. The number of primary amides is 1. The average Bonchev–Trinajstić information content (AvgIpc) is 2.55. The fraction of sp³-hybridized carbons (Fsp3) is 0.533. The molecule has 2 fully saturated rings. The van der Waals surface area contributed by atoms with Gasteiger partial charge in [-0.1, -0.05) is 0 Å². The number of aromatic nitrogens is 1. The van der Waals surface area contributed by atoms with Crippen LogP contribution in [-0.2, 0) is 4.74 Å². The number of rotatable bonds is 2. The summed E-state index contributed by atoms with van der Waals surface area (Å²) >= 11 is 1.95. The number of nitrogens with zero attached hydrogens (tertiary/aromatic N) is 2. The highest BCUT2D eigenvalue weighted by Crippen LogP contribution is 2.39. The van der Waals surface area contributed by atoms with Gasteiger partial charge >= 0.3 is 0 Å². The number of amides is 2. The molecular weight excluding hydrogens is 302 g/mol. The zero-order valence-corrected chi connectivity index (χ0v) is 13.1. The minimum absolute atomic E-state index is 0.0813. The summed E-state index contributed by atoms with van der Waals surface area (Å²) in [4.78, 5) is 29.6. The molecular formula is C15H19N3O3S. The quantitative estimate of drug-likeness (QED) is 0.875. The van der Waals surface area contributed by atoms with Gasteiger partial charge in [-0.05, 0) is 25.0 Å². The summed E-state index contributed by atoms with van der Waals surface area (Å²) in [6.07, 6.45) is 3.32. The van der Waals surface area contributed by atoms with Gasteiger partial charge in [0, 0.05) is 43.0 Å². The number of ether oxygens (including phenoxy) is 1. The van der Waals surface area contributed by atoms with Crippen molar-refractivity contribution in [3.8, 4) is 0 Å². The van der Waals surface area contributed by atoms with E-state index < -0.39 is 5.91 Å². The number of nitrogens with two attached hydrogens (primary N) is 1. The Hall–Kier alpha value is -1.60. The topological polar surface area (TPSA) is 85.5 Å². The second-order valence-corrected chi connectivity index (χ2v) is 7.23. The van der Waals surface area contributed by atoms with E-state index in [9.17, 15) is 9.59 Å². The standard InChI is InChI=1S/C15H19N3O3S/c16-13(19)11-1-2-12(17-9-11)14(20)18-5-8-22-15(10-18)3-6-21-7-4-15/h1-2,9H,3-8,10H2,(H2,16,19). The first kappa shape index (κ1) is 15.3. The van der Waals surface area contributed by atoms with Crippen molar-refractivity contribution in [3.05, 3.63) is 29.6 Å². The van der Waals surface area contributed by atoms with Crippen molar-refractivity contribution in [2.24, 2.45) is 5.73 Å². The smallest absolute Gasteiger partial charge is 0.272 e. The summed E-state index contributed by atoms with van der Waals surface area (Å²) in [6.45, 7) is 2.99.